The SMILES string of the molecule is C#CCO.CC(=N)c1cccc(C)n1.CC(=N)c1cccc(CCCO)n1. The van der Waals surface area contributed by atoms with Crippen LogP contribution in [0.25, 0.3) is 0 Å². The molecule has 2 rings (SSSR count). The molecular formula is C21H28N4O2. The molecule has 2 aromatic heterocycles. The summed E-state index contributed by atoms with van der Waals surface area (Å²) in [5.74, 6) is 1.99. The molecule has 4 N–H and O–H groups in total. The van der Waals surface area contributed by atoms with Crippen LogP contribution >= 0.6 is 0 Å². The van der Waals surface area contributed by atoms with Crippen LogP contribution in [0, 0.1) is 30.1 Å². The van der Waals surface area contributed by atoms with E-state index in [4.69, 9.17) is 21.0 Å². The van der Waals surface area contributed by atoms with Gasteiger partial charge in [0, 0.05) is 18.0 Å². The molecule has 0 bridgehead atoms. The maximum absolute atomic E-state index is 8.64. The molecule has 0 aromatic carbocycles. The summed E-state index contributed by atoms with van der Waals surface area (Å²) in [5.41, 5.74) is 4.38. The van der Waals surface area contributed by atoms with Gasteiger partial charge in [0.25, 0.3) is 0 Å². The average Bonchev–Trinajstić information content (AvgIpc) is 2.67. The molecule has 27 heavy (non-hydrogen) atoms. The molecule has 0 amide bonds. The van der Waals surface area contributed by atoms with Gasteiger partial charge in [-0.15, -0.1) is 6.42 Å². The van der Waals surface area contributed by atoms with Crippen LogP contribution in [0.5, 0.6) is 0 Å². The fourth-order valence-corrected chi connectivity index (χ4v) is 1.84. The van der Waals surface area contributed by atoms with Gasteiger partial charge in [0.1, 0.15) is 6.61 Å². The van der Waals surface area contributed by atoms with Gasteiger partial charge in [-0.05, 0) is 57.9 Å². The predicted molar refractivity (Wildman–Crippen MR) is 110 cm³/mol. The third kappa shape index (κ3) is 11.4. The van der Waals surface area contributed by atoms with Gasteiger partial charge in [0.15, 0.2) is 0 Å². The molecule has 144 valence electrons. The number of rotatable bonds is 5. The number of nitrogens with zero attached hydrogens (tertiary/aromatic N) is 2. The molecule has 0 unspecified atom stereocenters. The van der Waals surface area contributed by atoms with E-state index in [1.165, 1.54) is 0 Å². The minimum absolute atomic E-state index is 0.153. The summed E-state index contributed by atoms with van der Waals surface area (Å²) in [6.07, 6.45) is 6.03. The molecule has 0 saturated carbocycles. The fraction of sp³-hybridized carbons (Fsp3) is 0.333. The normalized spacial score (nSPS) is 9.04. The van der Waals surface area contributed by atoms with E-state index in [-0.39, 0.29) is 13.2 Å². The van der Waals surface area contributed by atoms with Crippen molar-refractivity contribution in [1.29, 1.82) is 10.8 Å². The molecule has 0 radical (unpaired) electrons. The van der Waals surface area contributed by atoms with E-state index >= 15 is 0 Å². The van der Waals surface area contributed by atoms with E-state index < -0.39 is 0 Å². The van der Waals surface area contributed by atoms with Gasteiger partial charge in [-0.2, -0.15) is 0 Å². The third-order valence-corrected chi connectivity index (χ3v) is 3.15. The van der Waals surface area contributed by atoms with Crippen molar-refractivity contribution in [2.24, 2.45) is 0 Å². The van der Waals surface area contributed by atoms with Crippen molar-refractivity contribution in [3.63, 3.8) is 0 Å². The van der Waals surface area contributed by atoms with E-state index in [9.17, 15) is 0 Å². The Labute approximate surface area is 161 Å². The van der Waals surface area contributed by atoms with Gasteiger partial charge in [-0.25, -0.2) is 0 Å². The number of aryl methyl sites for hydroxylation is 2. The maximum Gasteiger partial charge on any atom is 0.103 e. The number of aliphatic hydroxyl groups is 2. The van der Waals surface area contributed by atoms with E-state index in [0.717, 1.165) is 35.6 Å². The highest BCUT2D eigenvalue weighted by atomic mass is 16.3. The lowest BCUT2D eigenvalue weighted by atomic mass is 10.2. The van der Waals surface area contributed by atoms with Crippen molar-refractivity contribution in [1.82, 2.24) is 9.97 Å². The Morgan fingerprint density at radius 2 is 1.52 bits per heavy atom. The van der Waals surface area contributed by atoms with Crippen LogP contribution in [-0.2, 0) is 6.42 Å². The van der Waals surface area contributed by atoms with Crippen LogP contribution < -0.4 is 0 Å². The number of hydrogen-bond acceptors (Lipinski definition) is 6. The van der Waals surface area contributed by atoms with Gasteiger partial charge >= 0.3 is 0 Å². The van der Waals surface area contributed by atoms with E-state index in [0.29, 0.717) is 11.4 Å². The molecule has 0 aliphatic carbocycles. The zero-order chi connectivity index (χ0) is 20.7. The van der Waals surface area contributed by atoms with Crippen LogP contribution in [0.15, 0.2) is 36.4 Å². The molecule has 0 spiro atoms. The minimum atomic E-state index is -0.153. The molecule has 0 saturated heterocycles. The zero-order valence-corrected chi connectivity index (χ0v) is 16.2. The van der Waals surface area contributed by atoms with Gasteiger partial charge in [0.2, 0.25) is 0 Å². The summed E-state index contributed by atoms with van der Waals surface area (Å²) in [6.45, 7) is 5.42. The highest BCUT2D eigenvalue weighted by Crippen LogP contribution is 2.02. The van der Waals surface area contributed by atoms with Crippen molar-refractivity contribution in [3.8, 4) is 12.3 Å². The van der Waals surface area contributed by atoms with Crippen molar-refractivity contribution in [2.75, 3.05) is 13.2 Å². The van der Waals surface area contributed by atoms with Crippen LogP contribution in [-0.4, -0.2) is 44.8 Å². The molecule has 0 atom stereocenters. The summed E-state index contributed by atoms with van der Waals surface area (Å²) in [6, 6.07) is 11.3. The second kappa shape index (κ2) is 14.3. The van der Waals surface area contributed by atoms with Crippen molar-refractivity contribution in [3.05, 3.63) is 59.2 Å². The van der Waals surface area contributed by atoms with E-state index in [1.54, 1.807) is 13.8 Å². The molecule has 6 nitrogen and oxygen atoms in total. The summed E-state index contributed by atoms with van der Waals surface area (Å²) in [7, 11) is 0. The van der Waals surface area contributed by atoms with Crippen LogP contribution in [0.3, 0.4) is 0 Å². The number of aliphatic hydroxyl groups excluding tert-OH is 2. The second-order valence-electron chi connectivity index (χ2n) is 5.62. The molecule has 2 heterocycles. The lowest BCUT2D eigenvalue weighted by molar-refractivity contribution is 0.288. The first-order valence-electron chi connectivity index (χ1n) is 8.51. The van der Waals surface area contributed by atoms with Gasteiger partial charge in [0.05, 0.1) is 22.8 Å². The Balaban J connectivity index is 0.000000428. The third-order valence-electron chi connectivity index (χ3n) is 3.15. The Bertz CT molecular complexity index is 767. The van der Waals surface area contributed by atoms with Crippen LogP contribution in [0.1, 0.15) is 43.0 Å². The van der Waals surface area contributed by atoms with Gasteiger partial charge < -0.3 is 21.0 Å². The Hall–Kier alpha value is -2.88. The monoisotopic (exact) mass is 368 g/mol. The van der Waals surface area contributed by atoms with Gasteiger partial charge in [-0.1, -0.05) is 18.1 Å². The molecule has 0 aliphatic heterocycles. The highest BCUT2D eigenvalue weighted by molar-refractivity contribution is 5.94. The number of aromatic nitrogens is 2. The minimum Gasteiger partial charge on any atom is -0.396 e. The smallest absolute Gasteiger partial charge is 0.103 e. The lowest BCUT2D eigenvalue weighted by Crippen LogP contribution is -2.00. The van der Waals surface area contributed by atoms with E-state index in [2.05, 4.69) is 16.4 Å². The van der Waals surface area contributed by atoms with Crippen molar-refractivity contribution < 1.29 is 10.2 Å². The molecule has 0 aliphatic rings. The standard InChI is InChI=1S/C10H14N2O.C8H10N2.C3H4O/c1-8(11)10-6-2-4-9(12-10)5-3-7-13;1-6-4-3-5-8(10-6)7(2)9;1-2-3-4/h2,4,6,11,13H,3,5,7H2,1H3;3-5,9H,1-2H3;1,4H,3H2. The summed E-state index contributed by atoms with van der Waals surface area (Å²) in [4.78, 5) is 8.42. The lowest BCUT2D eigenvalue weighted by Gasteiger charge is -2.01. The molecule has 0 fully saturated rings. The summed E-state index contributed by atoms with van der Waals surface area (Å²) >= 11 is 0. The highest BCUT2D eigenvalue weighted by Gasteiger charge is 1.99. The second-order valence-corrected chi connectivity index (χ2v) is 5.62. The van der Waals surface area contributed by atoms with Crippen LogP contribution in [0.2, 0.25) is 0 Å². The fourth-order valence-electron chi connectivity index (χ4n) is 1.84. The van der Waals surface area contributed by atoms with Crippen LogP contribution in [0.4, 0.5) is 0 Å². The number of hydrogen-bond donors (Lipinski definition) is 4. The quantitative estimate of drug-likeness (QED) is 0.480. The largest absolute Gasteiger partial charge is 0.396 e. The predicted octanol–water partition coefficient (Wildman–Crippen LogP) is 2.78. The summed E-state index contributed by atoms with van der Waals surface area (Å²) in [5, 5.41) is 30.9. The Kier molecular flexibility index (Phi) is 12.8. The van der Waals surface area contributed by atoms with Crippen molar-refractivity contribution >= 4 is 11.4 Å². The first-order valence-corrected chi connectivity index (χ1v) is 8.51. The molecule has 2 aromatic rings. The number of pyridine rings is 2. The zero-order valence-electron chi connectivity index (χ0n) is 16.2. The average molecular weight is 368 g/mol. The number of nitrogens with one attached hydrogen (secondary N) is 2. The van der Waals surface area contributed by atoms with Gasteiger partial charge in [-0.3, -0.25) is 9.97 Å². The van der Waals surface area contributed by atoms with E-state index in [1.807, 2.05) is 49.2 Å². The Morgan fingerprint density at radius 1 is 1.00 bits per heavy atom. The van der Waals surface area contributed by atoms with Crippen molar-refractivity contribution in [2.45, 2.75) is 33.6 Å². The first kappa shape index (κ1) is 24.1. The maximum atomic E-state index is 8.64. The first-order chi connectivity index (χ1) is 12.8. The summed E-state index contributed by atoms with van der Waals surface area (Å²) < 4.78 is 0. The molecular weight excluding hydrogens is 340 g/mol. The number of terminal acetylenes is 1. The molecule has 6 heteroatoms. The topological polar surface area (TPSA) is 114 Å². The Morgan fingerprint density at radius 3 is 1.93 bits per heavy atom.